The molecule has 2 aromatic carbocycles. The smallest absolute Gasteiger partial charge is 0.305 e. The van der Waals surface area contributed by atoms with E-state index in [9.17, 15) is 24.3 Å². The number of amides is 2. The predicted molar refractivity (Wildman–Crippen MR) is 149 cm³/mol. The molecule has 2 heterocycles. The first-order valence-corrected chi connectivity index (χ1v) is 13.6. The molecule has 0 aliphatic carbocycles. The van der Waals surface area contributed by atoms with Crippen molar-refractivity contribution in [1.29, 1.82) is 0 Å². The lowest BCUT2D eigenvalue weighted by molar-refractivity contribution is -0.146. The molecule has 0 saturated carbocycles. The van der Waals surface area contributed by atoms with Gasteiger partial charge in [-0.2, -0.15) is 0 Å². The van der Waals surface area contributed by atoms with Crippen LogP contribution in [0, 0.1) is 5.92 Å². The molecule has 8 nitrogen and oxygen atoms in total. The average molecular weight is 534 g/mol. The zero-order valence-corrected chi connectivity index (χ0v) is 23.7. The second-order valence-corrected chi connectivity index (χ2v) is 12.1. The van der Waals surface area contributed by atoms with Gasteiger partial charge in [-0.25, -0.2) is 0 Å². The van der Waals surface area contributed by atoms with Gasteiger partial charge in [0.15, 0.2) is 11.3 Å². The van der Waals surface area contributed by atoms with E-state index in [1.54, 1.807) is 4.90 Å². The van der Waals surface area contributed by atoms with Crippen molar-refractivity contribution in [3.63, 3.8) is 0 Å². The number of nitrogens with zero attached hydrogens (tertiary/aromatic N) is 2. The number of hydrogen-bond acceptors (Lipinski definition) is 5. The Hall–Kier alpha value is -3.68. The van der Waals surface area contributed by atoms with E-state index in [1.165, 1.54) is 6.92 Å². The minimum absolute atomic E-state index is 0.191. The van der Waals surface area contributed by atoms with E-state index in [0.717, 1.165) is 22.4 Å². The van der Waals surface area contributed by atoms with Crippen LogP contribution in [0.1, 0.15) is 64.7 Å². The maximum Gasteiger partial charge on any atom is 0.305 e. The summed E-state index contributed by atoms with van der Waals surface area (Å²) in [6.07, 6.45) is 0.445. The van der Waals surface area contributed by atoms with E-state index in [-0.39, 0.29) is 37.0 Å². The molecule has 0 aromatic heterocycles. The van der Waals surface area contributed by atoms with Crippen LogP contribution in [0.2, 0.25) is 0 Å². The molecule has 4 rings (SSSR count). The number of benzene rings is 2. The zero-order chi connectivity index (χ0) is 28.7. The zero-order valence-electron chi connectivity index (χ0n) is 23.7. The third-order valence-electron chi connectivity index (χ3n) is 7.96. The fraction of sp³-hybridized carbons (Fsp3) is 0.484. The van der Waals surface area contributed by atoms with Crippen molar-refractivity contribution < 1.29 is 24.3 Å². The van der Waals surface area contributed by atoms with Crippen LogP contribution in [0.5, 0.6) is 0 Å². The number of aliphatic carboxylic acids is 1. The summed E-state index contributed by atoms with van der Waals surface area (Å²) in [6, 6.07) is 13.9. The van der Waals surface area contributed by atoms with Gasteiger partial charge < -0.3 is 20.2 Å². The Labute approximate surface area is 230 Å². The predicted octanol–water partition coefficient (Wildman–Crippen LogP) is 3.74. The number of carboxylic acids is 1. The van der Waals surface area contributed by atoms with Gasteiger partial charge in [-0.1, -0.05) is 56.3 Å². The Morgan fingerprint density at radius 2 is 1.59 bits per heavy atom. The lowest BCUT2D eigenvalue weighted by Crippen LogP contribution is -2.69. The number of nitrogens with one attached hydrogen (secondary N) is 1. The highest BCUT2D eigenvalue weighted by Gasteiger charge is 2.57. The summed E-state index contributed by atoms with van der Waals surface area (Å²) in [5, 5.41) is 12.6. The van der Waals surface area contributed by atoms with Crippen LogP contribution in [0.15, 0.2) is 48.5 Å². The number of fused-ring (bicyclic) bond motifs is 2. The van der Waals surface area contributed by atoms with E-state index in [0.29, 0.717) is 6.42 Å². The molecule has 2 aliphatic rings. The first-order valence-electron chi connectivity index (χ1n) is 13.6. The maximum absolute atomic E-state index is 14.3. The third-order valence-corrected chi connectivity index (χ3v) is 7.96. The van der Waals surface area contributed by atoms with Crippen LogP contribution < -0.4 is 10.2 Å². The quantitative estimate of drug-likeness (QED) is 0.525. The van der Waals surface area contributed by atoms with E-state index >= 15 is 0 Å². The van der Waals surface area contributed by atoms with Gasteiger partial charge in [-0.15, -0.1) is 0 Å². The number of ketones is 1. The van der Waals surface area contributed by atoms with E-state index in [4.69, 9.17) is 0 Å². The van der Waals surface area contributed by atoms with Crippen LogP contribution in [-0.4, -0.2) is 56.7 Å². The summed E-state index contributed by atoms with van der Waals surface area (Å²) in [6.45, 7) is 11.3. The Morgan fingerprint density at radius 1 is 1.00 bits per heavy atom. The summed E-state index contributed by atoms with van der Waals surface area (Å²) in [4.78, 5) is 56.9. The van der Waals surface area contributed by atoms with Crippen molar-refractivity contribution in [1.82, 2.24) is 10.2 Å². The number of carbonyl (C=O) groups is 4. The summed E-state index contributed by atoms with van der Waals surface area (Å²) in [5.41, 5.74) is 1.65. The molecule has 2 amide bonds. The summed E-state index contributed by atoms with van der Waals surface area (Å²) >= 11 is 0. The molecule has 2 N–H and O–H groups in total. The third kappa shape index (κ3) is 5.16. The lowest BCUT2D eigenvalue weighted by Gasteiger charge is -2.46. The fourth-order valence-corrected chi connectivity index (χ4v) is 6.18. The standard InChI is InChI=1S/C31H39N3O5/c1-19(2)27(28(38)33-18-23-13-8-7-11-21(23)15-24(33)16-26(36)37)32-29(39)31(20(3)35)17-22-12-9-10-14-25(22)34(31)30(4,5)6/h7-14,19,24,27H,15-18H2,1-6H3,(H,32,39)(H,36,37)/t24-,27+,31-/m1/s1. The Balaban J connectivity index is 1.69. The highest BCUT2D eigenvalue weighted by Crippen LogP contribution is 2.44. The van der Waals surface area contributed by atoms with Gasteiger partial charge in [0, 0.05) is 30.2 Å². The molecule has 0 radical (unpaired) electrons. The normalized spacial score (nSPS) is 21.3. The molecule has 39 heavy (non-hydrogen) atoms. The topological polar surface area (TPSA) is 107 Å². The molecule has 0 spiro atoms. The average Bonchev–Trinajstić information content (AvgIpc) is 3.23. The molecule has 0 fully saturated rings. The van der Waals surface area contributed by atoms with Crippen molar-refractivity contribution in [3.05, 3.63) is 65.2 Å². The van der Waals surface area contributed by atoms with Gasteiger partial charge in [0.2, 0.25) is 5.91 Å². The van der Waals surface area contributed by atoms with Crippen LogP contribution in [0.25, 0.3) is 0 Å². The largest absolute Gasteiger partial charge is 0.481 e. The van der Waals surface area contributed by atoms with Crippen molar-refractivity contribution in [3.8, 4) is 0 Å². The Morgan fingerprint density at radius 3 is 2.15 bits per heavy atom. The molecule has 0 unspecified atom stereocenters. The number of Topliss-reactive ketones (excluding diaryl/α,β-unsaturated/α-hetero) is 1. The fourth-order valence-electron chi connectivity index (χ4n) is 6.18. The summed E-state index contributed by atoms with van der Waals surface area (Å²) in [5.74, 6) is -2.42. The lowest BCUT2D eigenvalue weighted by atomic mass is 9.85. The van der Waals surface area contributed by atoms with Crippen LogP contribution in [-0.2, 0) is 38.6 Å². The van der Waals surface area contributed by atoms with Gasteiger partial charge in [0.1, 0.15) is 6.04 Å². The monoisotopic (exact) mass is 533 g/mol. The van der Waals surface area contributed by atoms with Crippen molar-refractivity contribution in [2.24, 2.45) is 5.92 Å². The molecule has 208 valence electrons. The molecular formula is C31H39N3O5. The molecular weight excluding hydrogens is 494 g/mol. The van der Waals surface area contributed by atoms with Crippen molar-refractivity contribution >= 4 is 29.3 Å². The van der Waals surface area contributed by atoms with Crippen molar-refractivity contribution in [2.45, 2.75) is 90.5 Å². The first-order chi connectivity index (χ1) is 18.3. The highest BCUT2D eigenvalue weighted by molar-refractivity contribution is 6.15. The van der Waals surface area contributed by atoms with Gasteiger partial charge in [-0.05, 0) is 62.8 Å². The van der Waals surface area contributed by atoms with E-state index < -0.39 is 35.0 Å². The SMILES string of the molecule is CC(=O)[C@@]1(C(=O)N[C@H](C(=O)N2Cc3ccccc3C[C@@H]2CC(=O)O)C(C)C)Cc2ccccc2N1C(C)(C)C. The van der Waals surface area contributed by atoms with Gasteiger partial charge in [0.25, 0.3) is 5.91 Å². The maximum atomic E-state index is 14.3. The van der Waals surface area contributed by atoms with Gasteiger partial charge in [0.05, 0.1) is 6.42 Å². The molecule has 8 heteroatoms. The van der Waals surface area contributed by atoms with E-state index in [1.807, 2.05) is 88.0 Å². The highest BCUT2D eigenvalue weighted by atomic mass is 16.4. The molecule has 0 bridgehead atoms. The molecule has 2 aromatic rings. The van der Waals surface area contributed by atoms with Gasteiger partial charge >= 0.3 is 5.97 Å². The molecule has 0 saturated heterocycles. The number of carbonyl (C=O) groups excluding carboxylic acids is 3. The first kappa shape index (κ1) is 28.3. The second-order valence-electron chi connectivity index (χ2n) is 12.1. The minimum Gasteiger partial charge on any atom is -0.481 e. The van der Waals surface area contributed by atoms with E-state index in [2.05, 4.69) is 5.32 Å². The molecule has 2 aliphatic heterocycles. The summed E-state index contributed by atoms with van der Waals surface area (Å²) < 4.78 is 0. The Bertz CT molecular complexity index is 1300. The van der Waals surface area contributed by atoms with Crippen LogP contribution >= 0.6 is 0 Å². The number of anilines is 1. The number of rotatable bonds is 7. The number of carboxylic acid groups (broad SMARTS) is 1. The van der Waals surface area contributed by atoms with Crippen LogP contribution in [0.4, 0.5) is 5.69 Å². The number of hydrogen-bond donors (Lipinski definition) is 2. The van der Waals surface area contributed by atoms with Crippen molar-refractivity contribution in [2.75, 3.05) is 4.90 Å². The molecule has 3 atom stereocenters. The number of para-hydroxylation sites is 1. The van der Waals surface area contributed by atoms with Crippen LogP contribution in [0.3, 0.4) is 0 Å². The summed E-state index contributed by atoms with van der Waals surface area (Å²) in [7, 11) is 0. The Kier molecular flexibility index (Phi) is 7.61. The minimum atomic E-state index is -1.51. The second kappa shape index (κ2) is 10.5. The van der Waals surface area contributed by atoms with Gasteiger partial charge in [-0.3, -0.25) is 19.2 Å².